The highest BCUT2D eigenvalue weighted by Crippen LogP contribution is 1.92. The number of thiazole rings is 1. The van der Waals surface area contributed by atoms with E-state index in [4.69, 9.17) is 0 Å². The first-order valence-corrected chi connectivity index (χ1v) is 58.5. The molecule has 31 nitrogen and oxygen atoms in total. The van der Waals surface area contributed by atoms with Crippen LogP contribution in [0.4, 0.5) is 0 Å². The number of nitrogens with zero attached hydrogens (tertiary/aromatic N) is 21. The Morgan fingerprint density at radius 1 is 0.208 bits per heavy atom. The summed E-state index contributed by atoms with van der Waals surface area (Å²) in [5, 5.41) is 57.9. The second-order valence-electron chi connectivity index (χ2n) is 10.8. The summed E-state index contributed by atoms with van der Waals surface area (Å²) in [6.45, 7) is 128. The Balaban J connectivity index is -0.0000000299. The minimum absolute atomic E-state index is 1.26. The molecule has 0 unspecified atom stereocenters. The van der Waals surface area contributed by atoms with Crippen LogP contribution in [-0.2, 0) is 0 Å². The van der Waals surface area contributed by atoms with Gasteiger partial charge in [-0.2, -0.15) is 41.3 Å². The van der Waals surface area contributed by atoms with E-state index >= 15 is 0 Å². The van der Waals surface area contributed by atoms with Crippen molar-refractivity contribution in [3.63, 3.8) is 0 Å². The smallest absolute Gasteiger partial charge is 0.203 e. The summed E-state index contributed by atoms with van der Waals surface area (Å²) in [6.07, 6.45) is 40.9. The van der Waals surface area contributed by atoms with Crippen molar-refractivity contribution in [3.05, 3.63) is 260 Å². The molecule has 16 aromatic rings. The van der Waals surface area contributed by atoms with Crippen LogP contribution in [0, 0.1) is 0 Å². The molecule has 0 spiro atoms. The summed E-state index contributed by atoms with van der Waals surface area (Å²) in [4.78, 5) is 27.3. The monoisotopic (exact) mass is 2160 g/mol. The second kappa shape index (κ2) is 474. The lowest BCUT2D eigenvalue weighted by atomic mass is 10.7. The molecule has 16 rings (SSSR count). The number of hydrogen-bond acceptors (Lipinski definition) is 32. The van der Waals surface area contributed by atoms with Gasteiger partial charge in [-0.25, -0.2) is 29.3 Å². The van der Waals surface area contributed by atoms with Gasteiger partial charge in [0.1, 0.15) is 67.0 Å². The first kappa shape index (κ1) is 228. The maximum absolute atomic E-state index is 4.58. The lowest BCUT2D eigenvalue weighted by molar-refractivity contribution is 0.393. The molecule has 0 amide bonds. The summed E-state index contributed by atoms with van der Waals surface area (Å²) in [6, 6.07) is 15.2. The van der Waals surface area contributed by atoms with Crippen molar-refractivity contribution in [1.29, 1.82) is 0 Å². The van der Waals surface area contributed by atoms with Gasteiger partial charge in [0, 0.05) is 58.6 Å². The molecule has 0 radical (unpaired) electrons. The standard InChI is InChI=1S/C4H5N.C4H4O.C4H4S.C3H4N2.2C3H3NO.2C3H3NS.3C2H3N3.2C2H2N2O.3C2H2N2S.32C2H6/c3*1-2-4-5-3-1;2*1-2-5-3-4-1;1-2-4-5-3-1;1-2-5-3-4-1;1-2-4-5-3-1;2*1-3-2-5-4-1;1-2-4-5-3-1;1-3-4-2-5-1;1-2-5-4-3-1;1-3-4-2-5-1;1-3-2-5-4-1;1-2-5-4-3-1;32*1-2/h1-5H;2*1-4H;1-3H,(H,4,5);4*1-3H;3*1-2H,(H,3,4,5);5*1-2H;32*1-2H3. The first-order valence-electron chi connectivity index (χ1n) is 53.1. The Bertz CT molecular complexity index is 1910. The van der Waals surface area contributed by atoms with E-state index in [-0.39, 0.29) is 0 Å². The minimum atomic E-state index is 1.26. The van der Waals surface area contributed by atoms with Crippen molar-refractivity contribution in [2.45, 2.75) is 443 Å². The van der Waals surface area contributed by atoms with Crippen molar-refractivity contribution in [1.82, 2.24) is 130 Å². The Morgan fingerprint density at radius 2 is 0.646 bits per heavy atom. The van der Waals surface area contributed by atoms with Gasteiger partial charge < -0.3 is 32.3 Å². The number of hydrogen-bond donors (Lipinski definition) is 5. The predicted octanol–water partition coefficient (Wildman–Crippen LogP) is 42.1. The van der Waals surface area contributed by atoms with Gasteiger partial charge in [0.2, 0.25) is 12.8 Å². The fourth-order valence-electron chi connectivity index (χ4n) is 2.83. The average molecular weight is 2160 g/mol. The highest BCUT2D eigenvalue weighted by Gasteiger charge is 1.67. The van der Waals surface area contributed by atoms with E-state index < -0.39 is 0 Å². The van der Waals surface area contributed by atoms with Crippen LogP contribution in [0.2, 0.25) is 0 Å². The number of thiophene rings is 1. The fourth-order valence-corrected chi connectivity index (χ4v) is 4.80. The van der Waals surface area contributed by atoms with E-state index in [1.165, 1.54) is 122 Å². The van der Waals surface area contributed by atoms with Crippen LogP contribution in [0.1, 0.15) is 443 Å². The molecule has 37 heteroatoms. The number of aromatic amines is 5. The lowest BCUT2D eigenvalue weighted by Gasteiger charge is -1.50. The Kier molecular flexibility index (Phi) is 749. The second-order valence-corrected chi connectivity index (χ2v) is 15.1. The van der Waals surface area contributed by atoms with Gasteiger partial charge in [-0.3, -0.25) is 15.2 Å². The summed E-state index contributed by atoms with van der Waals surface area (Å²) < 4.78 is 32.9. The third-order valence-corrected chi connectivity index (χ3v) is 8.52. The van der Waals surface area contributed by atoms with E-state index in [9.17, 15) is 0 Å². The van der Waals surface area contributed by atoms with Crippen LogP contribution >= 0.6 is 68.6 Å². The summed E-state index contributed by atoms with van der Waals surface area (Å²) >= 11 is 8.97. The molecule has 0 aliphatic heterocycles. The average Bonchev–Trinajstić information content (AvgIpc) is 2.31. The predicted molar refractivity (Wildman–Crippen MR) is 660 cm³/mol. The zero-order valence-corrected chi connectivity index (χ0v) is 110. The van der Waals surface area contributed by atoms with Gasteiger partial charge in [0.15, 0.2) is 6.39 Å². The largest absolute Gasteiger partial charge is 0.473 e. The van der Waals surface area contributed by atoms with Crippen LogP contribution in [0.5, 0.6) is 0 Å². The summed E-state index contributed by atoms with van der Waals surface area (Å²) in [7, 11) is 0. The number of aromatic nitrogens is 26. The quantitative estimate of drug-likeness (QED) is 0.0941. The number of nitrogens with one attached hydrogen (secondary N) is 5. The zero-order chi connectivity index (χ0) is 121. The third kappa shape index (κ3) is 464. The summed E-state index contributed by atoms with van der Waals surface area (Å²) in [5.41, 5.74) is 6.83. The SMILES string of the molecule is CC.CC.CC.CC.CC.CC.CC.CC.CC.CC.CC.CC.CC.CC.CC.CC.CC.CC.CC.CC.CC.CC.CC.CC.CC.CC.CC.CC.CC.CC.CC.CC.c1c[nH]cn1.c1cc[nH]c1.c1ccoc1.c1ccsc1.c1cn[nH]n1.c1cnoc1.c1cnsc1.c1cocn1.c1conn1.c1cscn1.c1csnn1.c1nc[nH]n1.c1nc[nH]n1.c1ncsn1.c1nnco1.c1nncs1. The molecule has 0 aromatic carbocycles. The van der Waals surface area contributed by atoms with E-state index in [0.29, 0.717) is 0 Å². The van der Waals surface area contributed by atoms with Crippen LogP contribution in [0.25, 0.3) is 0 Å². The molecule has 0 aliphatic rings. The van der Waals surface area contributed by atoms with Gasteiger partial charge in [-0.1, -0.05) is 465 Å². The molecule has 16 heterocycles. The number of oxazole rings is 1. The van der Waals surface area contributed by atoms with Crippen LogP contribution in [-0.4, -0.2) is 130 Å². The Labute approximate surface area is 917 Å². The fraction of sp³-hybridized carbons (Fsp3) is 0.598. The zero-order valence-electron chi connectivity index (χ0n) is 105. The van der Waals surface area contributed by atoms with Crippen molar-refractivity contribution in [2.24, 2.45) is 0 Å². The third-order valence-electron chi connectivity index (χ3n) is 5.55. The van der Waals surface area contributed by atoms with Crippen LogP contribution in [0.3, 0.4) is 0 Å². The maximum Gasteiger partial charge on any atom is 0.203 e. The number of furan rings is 1. The normalized spacial score (nSPS) is 5.78. The molecule has 0 fully saturated rings. The maximum atomic E-state index is 4.58. The molecule has 864 valence electrons. The summed E-state index contributed by atoms with van der Waals surface area (Å²) in [5.74, 6) is 0. The highest BCUT2D eigenvalue weighted by molar-refractivity contribution is 7.08. The molecule has 144 heavy (non-hydrogen) atoms. The number of H-pyrrole nitrogens is 5. The van der Waals surface area contributed by atoms with Gasteiger partial charge in [-0.15, -0.1) is 53.3 Å². The lowest BCUT2D eigenvalue weighted by Crippen LogP contribution is -1.61. The molecule has 0 saturated heterocycles. The molecule has 16 aromatic heterocycles. The molecule has 0 atom stereocenters. The van der Waals surface area contributed by atoms with Gasteiger partial charge in [0.25, 0.3) is 0 Å². The van der Waals surface area contributed by atoms with Crippen molar-refractivity contribution in [3.8, 4) is 0 Å². The highest BCUT2D eigenvalue weighted by atomic mass is 32.1. The van der Waals surface area contributed by atoms with E-state index in [1.54, 1.807) is 125 Å². The molecular weight excluding hydrogens is 1920 g/mol. The van der Waals surface area contributed by atoms with E-state index in [2.05, 4.69) is 152 Å². The molecule has 0 bridgehead atoms. The number of imidazole rings is 1. The van der Waals surface area contributed by atoms with Gasteiger partial charge >= 0.3 is 0 Å². The van der Waals surface area contributed by atoms with Gasteiger partial charge in [0.05, 0.1) is 61.5 Å². The minimum Gasteiger partial charge on any atom is -0.473 e. The molecular formula is C107H240N26O5S6. The Morgan fingerprint density at radius 3 is 0.750 bits per heavy atom. The molecule has 5 N–H and O–H groups in total. The number of rotatable bonds is 0. The van der Waals surface area contributed by atoms with Crippen molar-refractivity contribution >= 4 is 68.6 Å². The first-order chi connectivity index (χ1) is 72.0. The topological polar surface area (TPSA) is 415 Å². The van der Waals surface area contributed by atoms with Crippen LogP contribution in [0.15, 0.2) is 283 Å². The molecule has 0 aliphatic carbocycles. The van der Waals surface area contributed by atoms with E-state index in [0.717, 1.165) is 0 Å². The van der Waals surface area contributed by atoms with Gasteiger partial charge in [-0.05, 0) is 81.8 Å². The van der Waals surface area contributed by atoms with Crippen molar-refractivity contribution < 1.29 is 22.3 Å². The van der Waals surface area contributed by atoms with Crippen LogP contribution < -0.4 is 0 Å². The Hall–Kier alpha value is -10.5. The van der Waals surface area contributed by atoms with Crippen molar-refractivity contribution in [2.75, 3.05) is 0 Å². The molecule has 0 saturated carbocycles. The van der Waals surface area contributed by atoms with E-state index in [1.807, 2.05) is 525 Å².